The quantitative estimate of drug-likeness (QED) is 0.356. The first-order valence-electron chi connectivity index (χ1n) is 11.0. The predicted octanol–water partition coefficient (Wildman–Crippen LogP) is 6.18. The summed E-state index contributed by atoms with van der Waals surface area (Å²) in [5.74, 6) is 0.0966. The zero-order chi connectivity index (χ0) is 21.9. The Kier molecular flexibility index (Phi) is 8.59. The Morgan fingerprint density at radius 3 is 1.94 bits per heavy atom. The molecule has 1 aromatic heterocycles. The number of benzene rings is 2. The van der Waals surface area contributed by atoms with Gasteiger partial charge in [0.15, 0.2) is 0 Å². The summed E-state index contributed by atoms with van der Waals surface area (Å²) in [6.07, 6.45) is 6.81. The second kappa shape index (κ2) is 11.8. The van der Waals surface area contributed by atoms with E-state index in [2.05, 4.69) is 17.1 Å². The van der Waals surface area contributed by atoms with Crippen molar-refractivity contribution in [1.29, 1.82) is 0 Å². The van der Waals surface area contributed by atoms with Gasteiger partial charge in [0, 0.05) is 17.5 Å². The molecular formula is C26H30N2O3. The van der Waals surface area contributed by atoms with Gasteiger partial charge in [-0.25, -0.2) is 0 Å². The Morgan fingerprint density at radius 1 is 0.806 bits per heavy atom. The molecule has 3 rings (SSSR count). The number of aliphatic carboxylic acids is 1. The van der Waals surface area contributed by atoms with E-state index >= 15 is 0 Å². The average molecular weight is 419 g/mol. The van der Waals surface area contributed by atoms with Gasteiger partial charge < -0.3 is 9.84 Å². The Labute approximate surface area is 184 Å². The lowest BCUT2D eigenvalue weighted by atomic mass is 10.0. The van der Waals surface area contributed by atoms with Crippen LogP contribution >= 0.6 is 0 Å². The zero-order valence-corrected chi connectivity index (χ0v) is 18.1. The van der Waals surface area contributed by atoms with Gasteiger partial charge in [-0.15, -0.1) is 10.2 Å². The zero-order valence-electron chi connectivity index (χ0n) is 18.1. The fourth-order valence-electron chi connectivity index (χ4n) is 3.35. The Balaban J connectivity index is 1.54. The molecule has 0 fully saturated rings. The van der Waals surface area contributed by atoms with Crippen molar-refractivity contribution in [2.75, 3.05) is 6.61 Å². The minimum absolute atomic E-state index is 0.136. The smallest absolute Gasteiger partial charge is 0.303 e. The highest BCUT2D eigenvalue weighted by Crippen LogP contribution is 2.23. The van der Waals surface area contributed by atoms with E-state index in [9.17, 15) is 4.79 Å². The van der Waals surface area contributed by atoms with Gasteiger partial charge in [0.2, 0.25) is 0 Å². The topological polar surface area (TPSA) is 72.3 Å². The van der Waals surface area contributed by atoms with E-state index in [4.69, 9.17) is 9.84 Å². The summed E-state index contributed by atoms with van der Waals surface area (Å²) in [5, 5.41) is 17.5. The van der Waals surface area contributed by atoms with Gasteiger partial charge in [-0.05, 0) is 54.8 Å². The van der Waals surface area contributed by atoms with Crippen molar-refractivity contribution in [1.82, 2.24) is 10.2 Å². The summed E-state index contributed by atoms with van der Waals surface area (Å²) in [5.41, 5.74) is 4.56. The van der Waals surface area contributed by atoms with Gasteiger partial charge in [-0.2, -0.15) is 0 Å². The lowest BCUT2D eigenvalue weighted by Gasteiger charge is -2.07. The van der Waals surface area contributed by atoms with E-state index < -0.39 is 5.97 Å². The van der Waals surface area contributed by atoms with Gasteiger partial charge in [-0.1, -0.05) is 56.9 Å². The van der Waals surface area contributed by atoms with Crippen LogP contribution in [0.25, 0.3) is 22.5 Å². The SMILES string of the molecule is CCCCCCCOc1ccc(-c2ccc(-c3ccc(CCC(=O)O)cc3)nn2)cc1. The maximum absolute atomic E-state index is 10.7. The van der Waals surface area contributed by atoms with Crippen molar-refractivity contribution < 1.29 is 14.6 Å². The van der Waals surface area contributed by atoms with Crippen molar-refractivity contribution in [3.05, 3.63) is 66.2 Å². The van der Waals surface area contributed by atoms with Crippen LogP contribution in [0.4, 0.5) is 0 Å². The molecule has 0 aliphatic rings. The van der Waals surface area contributed by atoms with Gasteiger partial charge in [-0.3, -0.25) is 4.79 Å². The standard InChI is InChI=1S/C26H30N2O3/c1-2-3-4-5-6-19-31-23-14-12-22(13-15-23)25-17-16-24(27-28-25)21-10-7-20(8-11-21)9-18-26(29)30/h7-8,10-17H,2-6,9,18-19H2,1H3,(H,29,30). The van der Waals surface area contributed by atoms with E-state index in [0.29, 0.717) is 6.42 Å². The van der Waals surface area contributed by atoms with Crippen LogP contribution in [0.2, 0.25) is 0 Å². The third-order valence-electron chi connectivity index (χ3n) is 5.21. The molecule has 1 heterocycles. The maximum atomic E-state index is 10.7. The summed E-state index contributed by atoms with van der Waals surface area (Å²) in [7, 11) is 0. The number of rotatable bonds is 12. The molecule has 0 atom stereocenters. The fraction of sp³-hybridized carbons (Fsp3) is 0.346. The first kappa shape index (κ1) is 22.5. The van der Waals surface area contributed by atoms with E-state index in [0.717, 1.165) is 46.9 Å². The van der Waals surface area contributed by atoms with E-state index in [1.165, 1.54) is 25.7 Å². The number of aromatic nitrogens is 2. The summed E-state index contributed by atoms with van der Waals surface area (Å²) >= 11 is 0. The van der Waals surface area contributed by atoms with Crippen molar-refractivity contribution in [3.8, 4) is 28.3 Å². The summed E-state index contributed by atoms with van der Waals surface area (Å²) in [4.78, 5) is 10.7. The lowest BCUT2D eigenvalue weighted by Crippen LogP contribution is -1.97. The van der Waals surface area contributed by atoms with E-state index in [1.54, 1.807) is 0 Å². The third-order valence-corrected chi connectivity index (χ3v) is 5.21. The molecule has 0 saturated heterocycles. The number of hydrogen-bond acceptors (Lipinski definition) is 4. The maximum Gasteiger partial charge on any atom is 0.303 e. The summed E-state index contributed by atoms with van der Waals surface area (Å²) < 4.78 is 5.83. The summed E-state index contributed by atoms with van der Waals surface area (Å²) in [6, 6.07) is 19.7. The van der Waals surface area contributed by atoms with Crippen LogP contribution in [0, 0.1) is 0 Å². The van der Waals surface area contributed by atoms with Crippen molar-refractivity contribution >= 4 is 5.97 Å². The highest BCUT2D eigenvalue weighted by molar-refractivity contribution is 5.67. The van der Waals surface area contributed by atoms with Crippen LogP contribution in [-0.2, 0) is 11.2 Å². The minimum Gasteiger partial charge on any atom is -0.494 e. The molecule has 0 saturated carbocycles. The molecule has 0 aliphatic carbocycles. The number of nitrogens with zero attached hydrogens (tertiary/aromatic N) is 2. The normalized spacial score (nSPS) is 10.7. The molecular weight excluding hydrogens is 388 g/mol. The van der Waals surface area contributed by atoms with Crippen LogP contribution in [0.15, 0.2) is 60.7 Å². The first-order chi connectivity index (χ1) is 15.2. The van der Waals surface area contributed by atoms with Gasteiger partial charge >= 0.3 is 5.97 Å². The molecule has 0 spiro atoms. The second-order valence-corrected chi connectivity index (χ2v) is 7.68. The summed E-state index contributed by atoms with van der Waals surface area (Å²) in [6.45, 7) is 2.98. The van der Waals surface area contributed by atoms with Crippen LogP contribution in [0.1, 0.15) is 51.0 Å². The predicted molar refractivity (Wildman–Crippen MR) is 123 cm³/mol. The number of carbonyl (C=O) groups is 1. The number of unbranched alkanes of at least 4 members (excludes halogenated alkanes) is 4. The number of hydrogen-bond donors (Lipinski definition) is 1. The average Bonchev–Trinajstić information content (AvgIpc) is 2.81. The van der Waals surface area contributed by atoms with Crippen molar-refractivity contribution in [2.45, 2.75) is 51.9 Å². The van der Waals surface area contributed by atoms with Gasteiger partial charge in [0.05, 0.1) is 18.0 Å². The van der Waals surface area contributed by atoms with Crippen LogP contribution in [-0.4, -0.2) is 27.9 Å². The van der Waals surface area contributed by atoms with Crippen molar-refractivity contribution in [3.63, 3.8) is 0 Å². The van der Waals surface area contributed by atoms with E-state index in [-0.39, 0.29) is 6.42 Å². The van der Waals surface area contributed by atoms with Crippen molar-refractivity contribution in [2.24, 2.45) is 0 Å². The third kappa shape index (κ3) is 7.21. The highest BCUT2D eigenvalue weighted by atomic mass is 16.5. The molecule has 5 heteroatoms. The van der Waals surface area contributed by atoms with Crippen LogP contribution in [0.5, 0.6) is 5.75 Å². The molecule has 31 heavy (non-hydrogen) atoms. The molecule has 0 radical (unpaired) electrons. The second-order valence-electron chi connectivity index (χ2n) is 7.68. The largest absolute Gasteiger partial charge is 0.494 e. The number of ether oxygens (including phenoxy) is 1. The molecule has 5 nitrogen and oxygen atoms in total. The van der Waals surface area contributed by atoms with E-state index in [1.807, 2.05) is 60.7 Å². The number of carboxylic acid groups (broad SMARTS) is 1. The number of carboxylic acids is 1. The van der Waals surface area contributed by atoms with Crippen LogP contribution in [0.3, 0.4) is 0 Å². The van der Waals surface area contributed by atoms with Crippen LogP contribution < -0.4 is 4.74 Å². The Hall–Kier alpha value is -3.21. The van der Waals surface area contributed by atoms with Gasteiger partial charge in [0.1, 0.15) is 5.75 Å². The van der Waals surface area contributed by atoms with Gasteiger partial charge in [0.25, 0.3) is 0 Å². The Morgan fingerprint density at radius 2 is 1.39 bits per heavy atom. The molecule has 0 aliphatic heterocycles. The highest BCUT2D eigenvalue weighted by Gasteiger charge is 2.05. The molecule has 162 valence electrons. The molecule has 0 bridgehead atoms. The lowest BCUT2D eigenvalue weighted by molar-refractivity contribution is -0.136. The number of aryl methyl sites for hydroxylation is 1. The monoisotopic (exact) mass is 418 g/mol. The fourth-order valence-corrected chi connectivity index (χ4v) is 3.35. The Bertz CT molecular complexity index is 936. The molecule has 0 amide bonds. The first-order valence-corrected chi connectivity index (χ1v) is 11.0. The molecule has 2 aromatic carbocycles. The molecule has 0 unspecified atom stereocenters. The molecule has 3 aromatic rings. The molecule has 1 N–H and O–H groups in total. The minimum atomic E-state index is -0.785.